The molecule has 0 saturated heterocycles. The van der Waals surface area contributed by atoms with Crippen molar-refractivity contribution < 1.29 is 9.59 Å². The Morgan fingerprint density at radius 1 is 1.35 bits per heavy atom. The third kappa shape index (κ3) is 2.44. The average Bonchev–Trinajstić information content (AvgIpc) is 2.86. The second-order valence-corrected chi connectivity index (χ2v) is 5.73. The van der Waals surface area contributed by atoms with Crippen LogP contribution < -0.4 is 10.6 Å². The van der Waals surface area contributed by atoms with E-state index in [1.807, 2.05) is 30.5 Å². The predicted molar refractivity (Wildman–Crippen MR) is 79.5 cm³/mol. The third-order valence-electron chi connectivity index (χ3n) is 3.25. The molecule has 0 spiro atoms. The molecule has 102 valence electrons. The first-order chi connectivity index (χ1) is 9.63. The van der Waals surface area contributed by atoms with E-state index in [-0.39, 0.29) is 11.8 Å². The summed E-state index contributed by atoms with van der Waals surface area (Å²) in [6.45, 7) is 2.63. The van der Waals surface area contributed by atoms with Crippen LogP contribution in [0.3, 0.4) is 0 Å². The maximum Gasteiger partial charge on any atom is 0.265 e. The van der Waals surface area contributed by atoms with Gasteiger partial charge in [-0.25, -0.2) is 0 Å². The summed E-state index contributed by atoms with van der Waals surface area (Å²) in [6.07, 6.45) is 0.833. The molecule has 1 aromatic carbocycles. The first kappa shape index (κ1) is 12.9. The monoisotopic (exact) mass is 286 g/mol. The molecule has 2 aromatic rings. The Morgan fingerprint density at radius 2 is 2.20 bits per heavy atom. The highest BCUT2D eigenvalue weighted by atomic mass is 32.1. The summed E-state index contributed by atoms with van der Waals surface area (Å²) < 4.78 is 0. The molecule has 1 aromatic heterocycles. The second-order valence-electron chi connectivity index (χ2n) is 4.82. The number of carbonyl (C=O) groups excluding carboxylic acids is 2. The van der Waals surface area contributed by atoms with Gasteiger partial charge in [0.2, 0.25) is 0 Å². The van der Waals surface area contributed by atoms with E-state index in [1.54, 1.807) is 6.07 Å². The zero-order valence-electron chi connectivity index (χ0n) is 11.0. The van der Waals surface area contributed by atoms with Crippen molar-refractivity contribution in [1.82, 2.24) is 5.32 Å². The van der Waals surface area contributed by atoms with Crippen molar-refractivity contribution in [3.05, 3.63) is 51.2 Å². The van der Waals surface area contributed by atoms with Crippen molar-refractivity contribution in [2.24, 2.45) is 0 Å². The molecule has 1 aliphatic heterocycles. The highest BCUT2D eigenvalue weighted by molar-refractivity contribution is 7.12. The molecule has 3 rings (SSSR count). The van der Waals surface area contributed by atoms with Crippen LogP contribution >= 0.6 is 11.3 Å². The van der Waals surface area contributed by atoms with E-state index >= 15 is 0 Å². The number of rotatable bonds is 2. The molecule has 4 nitrogen and oxygen atoms in total. The minimum absolute atomic E-state index is 0.0747. The van der Waals surface area contributed by atoms with Gasteiger partial charge in [0.05, 0.1) is 4.88 Å². The summed E-state index contributed by atoms with van der Waals surface area (Å²) in [5, 5.41) is 7.58. The van der Waals surface area contributed by atoms with Gasteiger partial charge in [-0.15, -0.1) is 11.3 Å². The molecule has 0 unspecified atom stereocenters. The Bertz CT molecular complexity index is 691. The normalized spacial score (nSPS) is 13.6. The molecule has 2 heterocycles. The van der Waals surface area contributed by atoms with Gasteiger partial charge in [-0.1, -0.05) is 6.07 Å². The van der Waals surface area contributed by atoms with Crippen molar-refractivity contribution in [3.8, 4) is 0 Å². The number of carbonyl (C=O) groups is 2. The fourth-order valence-electron chi connectivity index (χ4n) is 2.23. The Morgan fingerprint density at radius 3 is 2.95 bits per heavy atom. The fourth-order valence-corrected chi connectivity index (χ4v) is 3.03. The molecule has 0 aliphatic carbocycles. The zero-order valence-corrected chi connectivity index (χ0v) is 11.8. The Kier molecular flexibility index (Phi) is 3.28. The van der Waals surface area contributed by atoms with Crippen LogP contribution in [0.2, 0.25) is 0 Å². The summed E-state index contributed by atoms with van der Waals surface area (Å²) in [5.74, 6) is -0.214. The Balaban J connectivity index is 1.83. The lowest BCUT2D eigenvalue weighted by Gasteiger charge is -2.17. The fraction of sp³-hybridized carbons (Fsp3) is 0.200. The van der Waals surface area contributed by atoms with Crippen molar-refractivity contribution in [2.45, 2.75) is 13.3 Å². The van der Waals surface area contributed by atoms with Gasteiger partial charge in [0.1, 0.15) is 0 Å². The molecule has 0 radical (unpaired) electrons. The number of hydrogen-bond acceptors (Lipinski definition) is 3. The van der Waals surface area contributed by atoms with Crippen molar-refractivity contribution >= 4 is 28.8 Å². The molecule has 0 bridgehead atoms. The van der Waals surface area contributed by atoms with Crippen molar-refractivity contribution in [2.75, 3.05) is 11.9 Å². The van der Waals surface area contributed by atoms with Crippen LogP contribution in [0.15, 0.2) is 29.6 Å². The average molecular weight is 286 g/mol. The standard InChI is InChI=1S/C15H14N2O2S/c1-9-6-13(20-8-9)15(19)17-11-3-2-10-4-5-16-14(18)12(10)7-11/h2-3,6-8H,4-5H2,1H3,(H,16,18)(H,17,19). The number of benzene rings is 1. The van der Waals surface area contributed by atoms with E-state index in [2.05, 4.69) is 10.6 Å². The quantitative estimate of drug-likeness (QED) is 0.891. The topological polar surface area (TPSA) is 58.2 Å². The molecule has 0 atom stereocenters. The molecule has 0 fully saturated rings. The van der Waals surface area contributed by atoms with Crippen LogP contribution in [0.1, 0.15) is 31.2 Å². The maximum atomic E-state index is 12.1. The number of fused-ring (bicyclic) bond motifs is 1. The largest absolute Gasteiger partial charge is 0.352 e. The van der Waals surface area contributed by atoms with E-state index in [0.29, 0.717) is 22.7 Å². The molecule has 20 heavy (non-hydrogen) atoms. The Labute approximate surface area is 120 Å². The summed E-state index contributed by atoms with van der Waals surface area (Å²) in [4.78, 5) is 24.5. The Hall–Kier alpha value is -2.14. The lowest BCUT2D eigenvalue weighted by molar-refractivity contribution is 0.0944. The van der Waals surface area contributed by atoms with Crippen LogP contribution in [-0.2, 0) is 6.42 Å². The van der Waals surface area contributed by atoms with Gasteiger partial charge >= 0.3 is 0 Å². The number of nitrogens with one attached hydrogen (secondary N) is 2. The van der Waals surface area contributed by atoms with Crippen molar-refractivity contribution in [1.29, 1.82) is 0 Å². The van der Waals surface area contributed by atoms with Crippen LogP contribution in [0, 0.1) is 6.92 Å². The van der Waals surface area contributed by atoms with E-state index in [0.717, 1.165) is 17.5 Å². The number of hydrogen-bond donors (Lipinski definition) is 2. The van der Waals surface area contributed by atoms with E-state index in [4.69, 9.17) is 0 Å². The first-order valence-corrected chi connectivity index (χ1v) is 7.29. The van der Waals surface area contributed by atoms with Gasteiger partial charge in [-0.3, -0.25) is 9.59 Å². The summed E-state index contributed by atoms with van der Waals surface area (Å²) in [7, 11) is 0. The number of thiophene rings is 1. The second kappa shape index (κ2) is 5.09. The lowest BCUT2D eigenvalue weighted by Crippen LogP contribution is -2.31. The van der Waals surface area contributed by atoms with E-state index in [1.165, 1.54) is 11.3 Å². The number of anilines is 1. The lowest BCUT2D eigenvalue weighted by atomic mass is 10.00. The molecule has 5 heteroatoms. The van der Waals surface area contributed by atoms with Gasteiger partial charge in [0, 0.05) is 17.8 Å². The van der Waals surface area contributed by atoms with Crippen LogP contribution in [0.4, 0.5) is 5.69 Å². The smallest absolute Gasteiger partial charge is 0.265 e. The molecule has 0 saturated carbocycles. The molecular weight excluding hydrogens is 272 g/mol. The summed E-state index contributed by atoms with van der Waals surface area (Å²) in [5.41, 5.74) is 3.40. The van der Waals surface area contributed by atoms with Gasteiger partial charge in [-0.2, -0.15) is 0 Å². The van der Waals surface area contributed by atoms with Crippen LogP contribution in [0.25, 0.3) is 0 Å². The summed E-state index contributed by atoms with van der Waals surface area (Å²) >= 11 is 1.41. The third-order valence-corrected chi connectivity index (χ3v) is 4.29. The first-order valence-electron chi connectivity index (χ1n) is 6.41. The molecule has 2 amide bonds. The van der Waals surface area contributed by atoms with Gasteiger partial charge in [0.15, 0.2) is 0 Å². The van der Waals surface area contributed by atoms with Gasteiger partial charge < -0.3 is 10.6 Å². The molecular formula is C15H14N2O2S. The van der Waals surface area contributed by atoms with Crippen LogP contribution in [0.5, 0.6) is 0 Å². The number of aryl methyl sites for hydroxylation is 1. The minimum Gasteiger partial charge on any atom is -0.352 e. The number of amides is 2. The molecule has 2 N–H and O–H groups in total. The van der Waals surface area contributed by atoms with Gasteiger partial charge in [0.25, 0.3) is 11.8 Å². The van der Waals surface area contributed by atoms with E-state index in [9.17, 15) is 9.59 Å². The zero-order chi connectivity index (χ0) is 14.1. The van der Waals surface area contributed by atoms with Crippen molar-refractivity contribution in [3.63, 3.8) is 0 Å². The van der Waals surface area contributed by atoms with Crippen LogP contribution in [-0.4, -0.2) is 18.4 Å². The minimum atomic E-state index is -0.140. The predicted octanol–water partition coefficient (Wildman–Crippen LogP) is 2.59. The highest BCUT2D eigenvalue weighted by Crippen LogP contribution is 2.21. The highest BCUT2D eigenvalue weighted by Gasteiger charge is 2.17. The molecule has 1 aliphatic rings. The maximum absolute atomic E-state index is 12.1. The van der Waals surface area contributed by atoms with E-state index < -0.39 is 0 Å². The summed E-state index contributed by atoms with van der Waals surface area (Å²) in [6, 6.07) is 7.34. The SMILES string of the molecule is Cc1csc(C(=O)Nc2ccc3c(c2)C(=O)NCC3)c1. The van der Waals surface area contributed by atoms with Gasteiger partial charge in [-0.05, 0) is 48.1 Å².